The standard InChI is InChI=1S/C20H27N3O4/c24-18-13-17(19(25)26)20(21-18)4-6-22(7-5-20)14-15-2-1-3-16(12-15)23-8-10-27-11-9-23/h1-3,12,17H,4-11,13-14H2,(H,21,24)(H,25,26)/t17-/m1/s1. The Balaban J connectivity index is 1.38. The molecule has 0 bridgehead atoms. The number of nitrogens with one attached hydrogen (secondary N) is 1. The van der Waals surface area contributed by atoms with Crippen molar-refractivity contribution in [1.82, 2.24) is 10.2 Å². The molecule has 1 atom stereocenters. The van der Waals surface area contributed by atoms with Gasteiger partial charge >= 0.3 is 5.97 Å². The number of benzene rings is 1. The predicted octanol–water partition coefficient (Wildman–Crippen LogP) is 1.08. The molecule has 7 nitrogen and oxygen atoms in total. The third-order valence-electron chi connectivity index (χ3n) is 6.18. The molecule has 1 aromatic rings. The molecule has 3 saturated heterocycles. The Morgan fingerprint density at radius 2 is 1.96 bits per heavy atom. The van der Waals surface area contributed by atoms with Gasteiger partial charge in [-0.25, -0.2) is 0 Å². The molecule has 2 N–H and O–H groups in total. The highest BCUT2D eigenvalue weighted by molar-refractivity contribution is 5.88. The summed E-state index contributed by atoms with van der Waals surface area (Å²) in [4.78, 5) is 28.1. The van der Waals surface area contributed by atoms with Gasteiger partial charge in [0.05, 0.1) is 24.7 Å². The number of hydrogen-bond donors (Lipinski definition) is 2. The molecule has 0 aromatic heterocycles. The summed E-state index contributed by atoms with van der Waals surface area (Å²) < 4.78 is 5.43. The molecule has 1 amide bonds. The number of rotatable bonds is 4. The van der Waals surface area contributed by atoms with Crippen molar-refractivity contribution in [2.75, 3.05) is 44.3 Å². The van der Waals surface area contributed by atoms with E-state index in [0.717, 1.165) is 45.9 Å². The summed E-state index contributed by atoms with van der Waals surface area (Å²) >= 11 is 0. The van der Waals surface area contributed by atoms with Gasteiger partial charge in [-0.15, -0.1) is 0 Å². The topological polar surface area (TPSA) is 82.1 Å². The number of carbonyl (C=O) groups excluding carboxylic acids is 1. The number of carbonyl (C=O) groups is 2. The molecule has 3 fully saturated rings. The molecule has 146 valence electrons. The second-order valence-corrected chi connectivity index (χ2v) is 7.84. The van der Waals surface area contributed by atoms with Crippen LogP contribution in [0.25, 0.3) is 0 Å². The van der Waals surface area contributed by atoms with Gasteiger partial charge in [0.1, 0.15) is 0 Å². The Hall–Kier alpha value is -2.12. The maximum atomic E-state index is 11.8. The molecule has 4 rings (SSSR count). The lowest BCUT2D eigenvalue weighted by atomic mass is 9.77. The smallest absolute Gasteiger partial charge is 0.309 e. The summed E-state index contributed by atoms with van der Waals surface area (Å²) in [5.74, 6) is -1.59. The second-order valence-electron chi connectivity index (χ2n) is 7.84. The van der Waals surface area contributed by atoms with Gasteiger partial charge in [0.2, 0.25) is 5.91 Å². The normalized spacial score (nSPS) is 25.6. The van der Waals surface area contributed by atoms with E-state index in [4.69, 9.17) is 4.74 Å². The van der Waals surface area contributed by atoms with Gasteiger partial charge in [0, 0.05) is 44.8 Å². The van der Waals surface area contributed by atoms with E-state index in [1.807, 2.05) is 0 Å². The molecular weight excluding hydrogens is 346 g/mol. The van der Waals surface area contributed by atoms with Crippen molar-refractivity contribution in [1.29, 1.82) is 0 Å². The molecule has 0 unspecified atom stereocenters. The summed E-state index contributed by atoms with van der Waals surface area (Å²) in [7, 11) is 0. The summed E-state index contributed by atoms with van der Waals surface area (Å²) in [6.45, 7) is 5.83. The maximum absolute atomic E-state index is 11.8. The number of carboxylic acid groups (broad SMARTS) is 1. The number of likely N-dealkylation sites (tertiary alicyclic amines) is 1. The number of anilines is 1. The third kappa shape index (κ3) is 3.80. The minimum atomic E-state index is -0.861. The van der Waals surface area contributed by atoms with Crippen LogP contribution in [0.1, 0.15) is 24.8 Å². The Bertz CT molecular complexity index is 709. The van der Waals surface area contributed by atoms with Crippen molar-refractivity contribution in [2.24, 2.45) is 5.92 Å². The van der Waals surface area contributed by atoms with Gasteiger partial charge in [-0.05, 0) is 30.5 Å². The molecule has 7 heteroatoms. The highest BCUT2D eigenvalue weighted by Crippen LogP contribution is 2.37. The average molecular weight is 373 g/mol. The number of ether oxygens (including phenoxy) is 1. The molecule has 1 aromatic carbocycles. The van der Waals surface area contributed by atoms with Crippen LogP contribution in [0.2, 0.25) is 0 Å². The van der Waals surface area contributed by atoms with Crippen LogP contribution in [0.3, 0.4) is 0 Å². The zero-order chi connectivity index (χ0) is 18.9. The van der Waals surface area contributed by atoms with Crippen LogP contribution >= 0.6 is 0 Å². The van der Waals surface area contributed by atoms with Crippen LogP contribution in [-0.2, 0) is 20.9 Å². The Kier molecular flexibility index (Phi) is 5.06. The van der Waals surface area contributed by atoms with Gasteiger partial charge in [-0.2, -0.15) is 0 Å². The van der Waals surface area contributed by atoms with Crippen LogP contribution in [0.5, 0.6) is 0 Å². The van der Waals surface area contributed by atoms with Crippen LogP contribution < -0.4 is 10.2 Å². The Morgan fingerprint density at radius 3 is 2.67 bits per heavy atom. The van der Waals surface area contributed by atoms with Gasteiger partial charge in [0.15, 0.2) is 0 Å². The van der Waals surface area contributed by atoms with Gasteiger partial charge in [-0.1, -0.05) is 12.1 Å². The number of aliphatic carboxylic acids is 1. The minimum absolute atomic E-state index is 0.108. The monoisotopic (exact) mass is 373 g/mol. The first-order chi connectivity index (χ1) is 13.1. The number of carboxylic acids is 1. The van der Waals surface area contributed by atoms with Crippen molar-refractivity contribution < 1.29 is 19.4 Å². The van der Waals surface area contributed by atoms with E-state index in [1.165, 1.54) is 11.3 Å². The molecule has 3 aliphatic heterocycles. The zero-order valence-corrected chi connectivity index (χ0v) is 15.5. The number of morpholine rings is 1. The first-order valence-corrected chi connectivity index (χ1v) is 9.74. The summed E-state index contributed by atoms with van der Waals surface area (Å²) in [6.07, 6.45) is 1.49. The molecule has 0 radical (unpaired) electrons. The fourth-order valence-corrected chi connectivity index (χ4v) is 4.64. The van der Waals surface area contributed by atoms with Gasteiger partial charge in [-0.3, -0.25) is 14.5 Å². The van der Waals surface area contributed by atoms with Gasteiger partial charge in [0.25, 0.3) is 0 Å². The van der Waals surface area contributed by atoms with E-state index in [-0.39, 0.29) is 12.3 Å². The van der Waals surface area contributed by atoms with Crippen molar-refractivity contribution in [3.63, 3.8) is 0 Å². The number of nitrogens with zero attached hydrogens (tertiary/aromatic N) is 2. The molecule has 3 heterocycles. The van der Waals surface area contributed by atoms with Gasteiger partial charge < -0.3 is 20.1 Å². The van der Waals surface area contributed by atoms with Crippen molar-refractivity contribution in [3.8, 4) is 0 Å². The quantitative estimate of drug-likeness (QED) is 0.822. The summed E-state index contributed by atoms with van der Waals surface area (Å²) in [6, 6.07) is 8.63. The van der Waals surface area contributed by atoms with Crippen LogP contribution in [0, 0.1) is 5.92 Å². The first-order valence-electron chi connectivity index (χ1n) is 9.74. The van der Waals surface area contributed by atoms with Crippen molar-refractivity contribution >= 4 is 17.6 Å². The van der Waals surface area contributed by atoms with E-state index in [2.05, 4.69) is 39.4 Å². The molecule has 1 spiro atoms. The van der Waals surface area contributed by atoms with Crippen LogP contribution in [0.15, 0.2) is 24.3 Å². The average Bonchev–Trinajstić information content (AvgIpc) is 3.01. The number of piperidine rings is 1. The lowest BCUT2D eigenvalue weighted by molar-refractivity contribution is -0.144. The van der Waals surface area contributed by atoms with E-state index in [1.54, 1.807) is 0 Å². The highest BCUT2D eigenvalue weighted by Gasteiger charge is 2.51. The second kappa shape index (κ2) is 7.48. The third-order valence-corrected chi connectivity index (χ3v) is 6.18. The summed E-state index contributed by atoms with van der Waals surface area (Å²) in [5.41, 5.74) is 1.94. The van der Waals surface area contributed by atoms with Crippen LogP contribution in [-0.4, -0.2) is 66.8 Å². The highest BCUT2D eigenvalue weighted by atomic mass is 16.5. The number of hydrogen-bond acceptors (Lipinski definition) is 5. The minimum Gasteiger partial charge on any atom is -0.481 e. The maximum Gasteiger partial charge on any atom is 0.309 e. The van der Waals surface area contributed by atoms with Crippen molar-refractivity contribution in [3.05, 3.63) is 29.8 Å². The lowest BCUT2D eigenvalue weighted by Gasteiger charge is -2.41. The Morgan fingerprint density at radius 1 is 1.22 bits per heavy atom. The predicted molar refractivity (Wildman–Crippen MR) is 101 cm³/mol. The molecule has 0 aliphatic carbocycles. The number of amides is 1. The lowest BCUT2D eigenvalue weighted by Crippen LogP contribution is -2.55. The fraction of sp³-hybridized carbons (Fsp3) is 0.600. The Labute approximate surface area is 159 Å². The largest absolute Gasteiger partial charge is 0.481 e. The van der Waals surface area contributed by atoms with Crippen molar-refractivity contribution in [2.45, 2.75) is 31.3 Å². The van der Waals surface area contributed by atoms with E-state index < -0.39 is 17.4 Å². The van der Waals surface area contributed by atoms with E-state index >= 15 is 0 Å². The molecule has 3 aliphatic rings. The molecular formula is C20H27N3O4. The fourth-order valence-electron chi connectivity index (χ4n) is 4.64. The van der Waals surface area contributed by atoms with E-state index in [0.29, 0.717) is 12.8 Å². The van der Waals surface area contributed by atoms with E-state index in [9.17, 15) is 14.7 Å². The zero-order valence-electron chi connectivity index (χ0n) is 15.5. The molecule has 27 heavy (non-hydrogen) atoms. The first kappa shape index (κ1) is 18.3. The SMILES string of the molecule is O=C1C[C@H](C(=O)O)C2(CCN(Cc3cccc(N4CCOCC4)c3)CC2)N1. The summed E-state index contributed by atoms with van der Waals surface area (Å²) in [5, 5.41) is 12.5. The van der Waals surface area contributed by atoms with Crippen LogP contribution in [0.4, 0.5) is 5.69 Å². The molecule has 0 saturated carbocycles.